The highest BCUT2D eigenvalue weighted by atomic mass is 16.3. The topological polar surface area (TPSA) is 38.1 Å². The lowest BCUT2D eigenvalue weighted by Gasteiger charge is -2.20. The van der Waals surface area contributed by atoms with E-state index in [1.54, 1.807) is 6.39 Å². The molecule has 1 aliphatic rings. The second-order valence-corrected chi connectivity index (χ2v) is 5.96. The number of rotatable bonds is 6. The zero-order chi connectivity index (χ0) is 12.8. The molecular weight excluding hydrogens is 224 g/mol. The molecule has 0 amide bonds. The van der Waals surface area contributed by atoms with Crippen molar-refractivity contribution < 1.29 is 4.42 Å². The summed E-state index contributed by atoms with van der Waals surface area (Å²) in [5.41, 5.74) is 1.11. The molecule has 3 nitrogen and oxygen atoms in total. The van der Waals surface area contributed by atoms with Gasteiger partial charge in [-0.05, 0) is 18.4 Å². The molecule has 0 unspecified atom stereocenters. The molecule has 0 bridgehead atoms. The molecule has 1 aliphatic carbocycles. The number of hydrogen-bond acceptors (Lipinski definition) is 3. The van der Waals surface area contributed by atoms with Gasteiger partial charge in [-0.1, -0.05) is 46.0 Å². The second-order valence-electron chi connectivity index (χ2n) is 5.96. The predicted molar refractivity (Wildman–Crippen MR) is 73.3 cm³/mol. The van der Waals surface area contributed by atoms with E-state index in [0.717, 1.165) is 36.9 Å². The molecule has 1 aromatic rings. The van der Waals surface area contributed by atoms with E-state index in [9.17, 15) is 0 Å². The van der Waals surface area contributed by atoms with Crippen molar-refractivity contribution in [1.82, 2.24) is 10.3 Å². The molecule has 1 saturated carbocycles. The lowest BCUT2D eigenvalue weighted by atomic mass is 9.86. The molecule has 0 aliphatic heterocycles. The third-order valence-electron chi connectivity index (χ3n) is 3.77. The highest BCUT2D eigenvalue weighted by Crippen LogP contribution is 2.27. The molecule has 0 radical (unpaired) electrons. The molecule has 18 heavy (non-hydrogen) atoms. The van der Waals surface area contributed by atoms with Gasteiger partial charge in [-0.15, -0.1) is 0 Å². The van der Waals surface area contributed by atoms with Gasteiger partial charge in [0.05, 0.1) is 5.69 Å². The minimum absolute atomic E-state index is 0.679. The molecular formula is C15H26N2O. The summed E-state index contributed by atoms with van der Waals surface area (Å²) in [7, 11) is 0. The van der Waals surface area contributed by atoms with Gasteiger partial charge in [0.1, 0.15) is 5.76 Å². The maximum absolute atomic E-state index is 5.57. The highest BCUT2D eigenvalue weighted by Gasteiger charge is 2.18. The first kappa shape index (κ1) is 13.6. The first-order valence-electron chi connectivity index (χ1n) is 7.37. The van der Waals surface area contributed by atoms with Crippen LogP contribution in [-0.2, 0) is 13.0 Å². The normalized spacial score (nSPS) is 17.5. The van der Waals surface area contributed by atoms with E-state index in [-0.39, 0.29) is 0 Å². The second kappa shape index (κ2) is 6.93. The third kappa shape index (κ3) is 4.13. The Bertz CT molecular complexity index is 340. The quantitative estimate of drug-likeness (QED) is 0.839. The van der Waals surface area contributed by atoms with Crippen LogP contribution in [0.4, 0.5) is 0 Å². The Labute approximate surface area is 110 Å². The zero-order valence-corrected chi connectivity index (χ0v) is 11.7. The van der Waals surface area contributed by atoms with Crippen LogP contribution >= 0.6 is 0 Å². The average molecular weight is 250 g/mol. The Morgan fingerprint density at radius 2 is 2.11 bits per heavy atom. The average Bonchev–Trinajstić information content (AvgIpc) is 2.78. The highest BCUT2D eigenvalue weighted by molar-refractivity contribution is 5.08. The Hall–Kier alpha value is -0.830. The van der Waals surface area contributed by atoms with Crippen molar-refractivity contribution in [2.24, 2.45) is 11.8 Å². The maximum atomic E-state index is 5.57. The summed E-state index contributed by atoms with van der Waals surface area (Å²) in [5.74, 6) is 2.60. The van der Waals surface area contributed by atoms with E-state index in [0.29, 0.717) is 5.92 Å². The molecule has 1 aromatic heterocycles. The van der Waals surface area contributed by atoms with Crippen molar-refractivity contribution in [3.8, 4) is 0 Å². The van der Waals surface area contributed by atoms with Crippen LogP contribution in [0.5, 0.6) is 0 Å². The SMILES string of the molecule is CC(C)CNCc1ncoc1CC1CCCCC1. The molecule has 102 valence electrons. The van der Waals surface area contributed by atoms with Crippen molar-refractivity contribution in [2.75, 3.05) is 6.54 Å². The summed E-state index contributed by atoms with van der Waals surface area (Å²) in [6, 6.07) is 0. The van der Waals surface area contributed by atoms with E-state index in [1.165, 1.54) is 32.1 Å². The van der Waals surface area contributed by atoms with Gasteiger partial charge in [-0.25, -0.2) is 4.98 Å². The standard InChI is InChI=1S/C15H26N2O/c1-12(2)9-16-10-14-15(18-11-17-14)8-13-6-4-3-5-7-13/h11-13,16H,3-10H2,1-2H3. The van der Waals surface area contributed by atoms with Crippen molar-refractivity contribution >= 4 is 0 Å². The number of hydrogen-bond donors (Lipinski definition) is 1. The van der Waals surface area contributed by atoms with E-state index in [2.05, 4.69) is 24.1 Å². The molecule has 1 fully saturated rings. The van der Waals surface area contributed by atoms with Crippen molar-refractivity contribution in [3.63, 3.8) is 0 Å². The number of nitrogens with one attached hydrogen (secondary N) is 1. The summed E-state index contributed by atoms with van der Waals surface area (Å²) in [6.07, 6.45) is 9.59. The molecule has 2 rings (SSSR count). The number of aromatic nitrogens is 1. The first-order chi connectivity index (χ1) is 8.75. The van der Waals surface area contributed by atoms with Crippen LogP contribution in [0.2, 0.25) is 0 Å². The monoisotopic (exact) mass is 250 g/mol. The van der Waals surface area contributed by atoms with E-state index < -0.39 is 0 Å². The molecule has 0 spiro atoms. The first-order valence-corrected chi connectivity index (χ1v) is 7.37. The Kier molecular flexibility index (Phi) is 5.24. The minimum Gasteiger partial charge on any atom is -0.448 e. The van der Waals surface area contributed by atoms with Gasteiger partial charge in [0.25, 0.3) is 0 Å². The minimum atomic E-state index is 0.679. The molecule has 1 N–H and O–H groups in total. The van der Waals surface area contributed by atoms with Crippen molar-refractivity contribution in [3.05, 3.63) is 17.8 Å². The van der Waals surface area contributed by atoms with Gasteiger partial charge < -0.3 is 9.73 Å². The van der Waals surface area contributed by atoms with Crippen LogP contribution in [0.25, 0.3) is 0 Å². The van der Waals surface area contributed by atoms with Crippen molar-refractivity contribution in [2.45, 2.75) is 58.9 Å². The van der Waals surface area contributed by atoms with Gasteiger partial charge in [0, 0.05) is 13.0 Å². The van der Waals surface area contributed by atoms with Gasteiger partial charge >= 0.3 is 0 Å². The Morgan fingerprint density at radius 3 is 2.83 bits per heavy atom. The van der Waals surface area contributed by atoms with Crippen LogP contribution in [0.15, 0.2) is 10.8 Å². The van der Waals surface area contributed by atoms with Crippen LogP contribution in [0.3, 0.4) is 0 Å². The van der Waals surface area contributed by atoms with Gasteiger partial charge in [-0.3, -0.25) is 0 Å². The number of oxazole rings is 1. The van der Waals surface area contributed by atoms with Crippen LogP contribution in [0.1, 0.15) is 57.4 Å². The largest absolute Gasteiger partial charge is 0.448 e. The predicted octanol–water partition coefficient (Wildman–Crippen LogP) is 3.54. The lowest BCUT2D eigenvalue weighted by Crippen LogP contribution is -2.20. The summed E-state index contributed by atoms with van der Waals surface area (Å²) in [5, 5.41) is 3.44. The molecule has 1 heterocycles. The van der Waals surface area contributed by atoms with Crippen LogP contribution in [0, 0.1) is 11.8 Å². The lowest BCUT2D eigenvalue weighted by molar-refractivity contribution is 0.332. The van der Waals surface area contributed by atoms with E-state index >= 15 is 0 Å². The summed E-state index contributed by atoms with van der Waals surface area (Å²) >= 11 is 0. The third-order valence-corrected chi connectivity index (χ3v) is 3.77. The molecule has 0 saturated heterocycles. The maximum Gasteiger partial charge on any atom is 0.181 e. The smallest absolute Gasteiger partial charge is 0.181 e. The fourth-order valence-corrected chi connectivity index (χ4v) is 2.74. The zero-order valence-electron chi connectivity index (χ0n) is 11.7. The molecule has 0 atom stereocenters. The van der Waals surface area contributed by atoms with E-state index in [4.69, 9.17) is 4.42 Å². The van der Waals surface area contributed by atoms with E-state index in [1.807, 2.05) is 0 Å². The fourth-order valence-electron chi connectivity index (χ4n) is 2.74. The molecule has 3 heteroatoms. The van der Waals surface area contributed by atoms with Crippen LogP contribution < -0.4 is 5.32 Å². The fraction of sp³-hybridized carbons (Fsp3) is 0.800. The van der Waals surface area contributed by atoms with Crippen LogP contribution in [-0.4, -0.2) is 11.5 Å². The van der Waals surface area contributed by atoms with Crippen molar-refractivity contribution in [1.29, 1.82) is 0 Å². The number of nitrogens with zero attached hydrogens (tertiary/aromatic N) is 1. The molecule has 0 aromatic carbocycles. The van der Waals surface area contributed by atoms with Gasteiger partial charge in [0.15, 0.2) is 6.39 Å². The van der Waals surface area contributed by atoms with Gasteiger partial charge in [-0.2, -0.15) is 0 Å². The summed E-state index contributed by atoms with van der Waals surface area (Å²) in [4.78, 5) is 4.35. The van der Waals surface area contributed by atoms with Gasteiger partial charge in [0.2, 0.25) is 0 Å². The summed E-state index contributed by atoms with van der Waals surface area (Å²) in [6.45, 7) is 6.32. The Morgan fingerprint density at radius 1 is 1.33 bits per heavy atom. The summed E-state index contributed by atoms with van der Waals surface area (Å²) < 4.78 is 5.57. The Balaban J connectivity index is 1.82.